The molecule has 3 aliphatic rings. The van der Waals surface area contributed by atoms with Crippen molar-refractivity contribution in [3.63, 3.8) is 0 Å². The highest BCUT2D eigenvalue weighted by Crippen LogP contribution is 2.57. The Labute approximate surface area is 175 Å². The molecule has 1 saturated heterocycles. The summed E-state index contributed by atoms with van der Waals surface area (Å²) in [4.78, 5) is 37.5. The fourth-order valence-electron chi connectivity index (χ4n) is 5.54. The van der Waals surface area contributed by atoms with Crippen molar-refractivity contribution in [2.75, 3.05) is 10.6 Å². The zero-order valence-corrected chi connectivity index (χ0v) is 17.0. The first-order valence-electron chi connectivity index (χ1n) is 10.4. The number of ether oxygens (including phenoxy) is 1. The molecule has 1 aliphatic heterocycles. The molecule has 0 spiro atoms. The molecule has 6 heteroatoms. The van der Waals surface area contributed by atoms with Crippen LogP contribution in [0.1, 0.15) is 34.3 Å². The van der Waals surface area contributed by atoms with Crippen molar-refractivity contribution in [3.05, 3.63) is 59.2 Å². The van der Waals surface area contributed by atoms with Gasteiger partial charge in [0.15, 0.2) is 0 Å². The molecular weight excluding hydrogens is 380 g/mol. The van der Waals surface area contributed by atoms with Gasteiger partial charge in [-0.05, 0) is 80.1 Å². The third-order valence-corrected chi connectivity index (χ3v) is 6.68. The zero-order chi connectivity index (χ0) is 21.0. The quantitative estimate of drug-likeness (QED) is 0.761. The van der Waals surface area contributed by atoms with Gasteiger partial charge in [-0.3, -0.25) is 14.4 Å². The molecule has 2 bridgehead atoms. The molecule has 30 heavy (non-hydrogen) atoms. The van der Waals surface area contributed by atoms with E-state index in [-0.39, 0.29) is 47.6 Å². The predicted octanol–water partition coefficient (Wildman–Crippen LogP) is 3.69. The third kappa shape index (κ3) is 3.16. The van der Waals surface area contributed by atoms with Crippen molar-refractivity contribution < 1.29 is 19.1 Å². The summed E-state index contributed by atoms with van der Waals surface area (Å²) < 4.78 is 5.41. The first kappa shape index (κ1) is 18.9. The Balaban J connectivity index is 1.25. The van der Waals surface area contributed by atoms with Gasteiger partial charge in [-0.1, -0.05) is 6.07 Å². The van der Waals surface area contributed by atoms with Crippen LogP contribution >= 0.6 is 0 Å². The summed E-state index contributed by atoms with van der Waals surface area (Å²) in [5, 5.41) is 5.83. The Bertz CT molecular complexity index is 1020. The molecule has 2 aromatic carbocycles. The molecule has 2 N–H and O–H groups in total. The van der Waals surface area contributed by atoms with Crippen LogP contribution in [0.15, 0.2) is 42.5 Å². The van der Waals surface area contributed by atoms with Crippen LogP contribution in [-0.2, 0) is 14.3 Å². The van der Waals surface area contributed by atoms with Gasteiger partial charge in [-0.25, -0.2) is 0 Å². The summed E-state index contributed by atoms with van der Waals surface area (Å²) in [7, 11) is 0. The first-order chi connectivity index (χ1) is 14.4. The lowest BCUT2D eigenvalue weighted by Crippen LogP contribution is -2.35. The Morgan fingerprint density at radius 2 is 1.63 bits per heavy atom. The molecule has 1 heterocycles. The topological polar surface area (TPSA) is 84.5 Å². The molecule has 6 nitrogen and oxygen atoms in total. The van der Waals surface area contributed by atoms with Crippen LogP contribution in [0, 0.1) is 37.5 Å². The van der Waals surface area contributed by atoms with Gasteiger partial charge in [-0.15, -0.1) is 0 Å². The van der Waals surface area contributed by atoms with E-state index >= 15 is 0 Å². The summed E-state index contributed by atoms with van der Waals surface area (Å²) in [6, 6.07) is 12.7. The number of fused-ring (bicyclic) bond motifs is 1. The molecule has 2 saturated carbocycles. The van der Waals surface area contributed by atoms with E-state index in [1.165, 1.54) is 0 Å². The van der Waals surface area contributed by atoms with Crippen molar-refractivity contribution in [2.45, 2.75) is 32.8 Å². The van der Waals surface area contributed by atoms with Crippen molar-refractivity contribution >= 4 is 29.2 Å². The molecule has 5 rings (SSSR count). The number of benzene rings is 2. The minimum atomic E-state index is -0.311. The predicted molar refractivity (Wildman–Crippen MR) is 112 cm³/mol. The molecule has 2 aromatic rings. The molecule has 154 valence electrons. The van der Waals surface area contributed by atoms with Gasteiger partial charge in [0.05, 0.1) is 11.8 Å². The largest absolute Gasteiger partial charge is 0.462 e. The average molecular weight is 404 g/mol. The Hall–Kier alpha value is -3.15. The number of hydrogen-bond acceptors (Lipinski definition) is 4. The van der Waals surface area contributed by atoms with E-state index in [1.54, 1.807) is 24.3 Å². The van der Waals surface area contributed by atoms with Crippen LogP contribution in [-0.4, -0.2) is 23.9 Å². The highest BCUT2D eigenvalue weighted by molar-refractivity contribution is 6.05. The van der Waals surface area contributed by atoms with E-state index in [9.17, 15) is 14.4 Å². The lowest BCUT2D eigenvalue weighted by atomic mass is 9.79. The van der Waals surface area contributed by atoms with E-state index in [2.05, 4.69) is 16.7 Å². The number of carbonyl (C=O) groups excluding carboxylic acids is 3. The van der Waals surface area contributed by atoms with E-state index < -0.39 is 0 Å². The molecule has 0 aromatic heterocycles. The summed E-state index contributed by atoms with van der Waals surface area (Å²) in [6.45, 7) is 3.98. The fraction of sp³-hybridized carbons (Fsp3) is 0.375. The van der Waals surface area contributed by atoms with Gasteiger partial charge in [0.1, 0.15) is 6.10 Å². The standard InChI is InChI=1S/C24H24N2O4/c1-12-7-13(2)9-17(8-12)26-22(27)14-3-5-16(6-4-14)25-23(28)20-15-10-18-19(11-15)30-24(29)21(18)20/h3-9,15,18-21H,10-11H2,1-2H3,(H,25,28)(H,26,27)/t15-,18-,19+,20-,21-/m0/s1. The van der Waals surface area contributed by atoms with Crippen molar-refractivity contribution in [1.82, 2.24) is 0 Å². The third-order valence-electron chi connectivity index (χ3n) is 6.68. The van der Waals surface area contributed by atoms with E-state index in [0.717, 1.165) is 29.7 Å². The van der Waals surface area contributed by atoms with Crippen LogP contribution in [0.3, 0.4) is 0 Å². The highest BCUT2D eigenvalue weighted by atomic mass is 16.6. The molecule has 0 unspecified atom stereocenters. The van der Waals surface area contributed by atoms with Crippen LogP contribution in [0.25, 0.3) is 0 Å². The second-order valence-corrected chi connectivity index (χ2v) is 8.82. The van der Waals surface area contributed by atoms with Crippen LogP contribution in [0.4, 0.5) is 11.4 Å². The van der Waals surface area contributed by atoms with Crippen molar-refractivity contribution in [3.8, 4) is 0 Å². The Morgan fingerprint density at radius 1 is 0.933 bits per heavy atom. The van der Waals surface area contributed by atoms with Gasteiger partial charge in [0, 0.05) is 22.9 Å². The fourth-order valence-corrected chi connectivity index (χ4v) is 5.54. The minimum absolute atomic E-state index is 0.0199. The number of aryl methyl sites for hydroxylation is 2. The maximum absolute atomic E-state index is 12.9. The Kier molecular flexibility index (Phi) is 4.38. The summed E-state index contributed by atoms with van der Waals surface area (Å²) in [6.07, 6.45) is 1.71. The maximum atomic E-state index is 12.9. The molecule has 3 fully saturated rings. The number of nitrogens with one attached hydrogen (secondary N) is 2. The zero-order valence-electron chi connectivity index (χ0n) is 17.0. The summed E-state index contributed by atoms with van der Waals surface area (Å²) in [5.41, 5.74) is 4.05. The van der Waals surface area contributed by atoms with Gasteiger partial charge in [-0.2, -0.15) is 0 Å². The second-order valence-electron chi connectivity index (χ2n) is 8.82. The molecule has 5 atom stereocenters. The number of carbonyl (C=O) groups is 3. The van der Waals surface area contributed by atoms with Gasteiger partial charge < -0.3 is 15.4 Å². The molecule has 0 radical (unpaired) electrons. The average Bonchev–Trinajstić information content (AvgIpc) is 3.30. The van der Waals surface area contributed by atoms with E-state index in [1.807, 2.05) is 26.0 Å². The highest BCUT2D eigenvalue weighted by Gasteiger charge is 2.63. The molecular formula is C24H24N2O4. The normalized spacial score (nSPS) is 28.3. The number of hydrogen-bond donors (Lipinski definition) is 2. The lowest BCUT2D eigenvalue weighted by molar-refractivity contribution is -0.145. The van der Waals surface area contributed by atoms with Gasteiger partial charge in [0.2, 0.25) is 5.91 Å². The van der Waals surface area contributed by atoms with E-state index in [0.29, 0.717) is 11.3 Å². The lowest BCUT2D eigenvalue weighted by Gasteiger charge is -2.23. The Morgan fingerprint density at radius 3 is 2.33 bits per heavy atom. The van der Waals surface area contributed by atoms with Crippen LogP contribution in [0.5, 0.6) is 0 Å². The number of anilines is 2. The van der Waals surface area contributed by atoms with Gasteiger partial charge >= 0.3 is 5.97 Å². The smallest absolute Gasteiger partial charge is 0.310 e. The summed E-state index contributed by atoms with van der Waals surface area (Å²) >= 11 is 0. The summed E-state index contributed by atoms with van der Waals surface area (Å²) in [5.74, 6) is -0.731. The second kappa shape index (κ2) is 6.97. The van der Waals surface area contributed by atoms with Crippen molar-refractivity contribution in [1.29, 1.82) is 0 Å². The molecule has 2 aliphatic carbocycles. The number of esters is 1. The van der Waals surface area contributed by atoms with Crippen LogP contribution in [0.2, 0.25) is 0 Å². The van der Waals surface area contributed by atoms with E-state index in [4.69, 9.17) is 4.74 Å². The first-order valence-corrected chi connectivity index (χ1v) is 10.4. The van der Waals surface area contributed by atoms with Crippen molar-refractivity contribution in [2.24, 2.45) is 23.7 Å². The minimum Gasteiger partial charge on any atom is -0.462 e. The number of amides is 2. The van der Waals surface area contributed by atoms with Crippen LogP contribution < -0.4 is 10.6 Å². The van der Waals surface area contributed by atoms with Gasteiger partial charge in [0.25, 0.3) is 5.91 Å². The maximum Gasteiger partial charge on any atom is 0.310 e. The monoisotopic (exact) mass is 404 g/mol. The number of rotatable bonds is 4. The molecule has 2 amide bonds. The SMILES string of the molecule is Cc1cc(C)cc(NC(=O)c2ccc(NC(=O)[C@H]3[C@H]4C[C@@H]5[C@@H]3C(=O)O[C@@H]5C4)cc2)c1.